The van der Waals surface area contributed by atoms with E-state index in [0.717, 1.165) is 59.6 Å². The summed E-state index contributed by atoms with van der Waals surface area (Å²) in [7, 11) is -6.00. The van der Waals surface area contributed by atoms with Gasteiger partial charge in [-0.2, -0.15) is 4.58 Å². The van der Waals surface area contributed by atoms with E-state index in [1.165, 1.54) is 44.0 Å². The Hall–Kier alpha value is -3.29. The van der Waals surface area contributed by atoms with E-state index >= 15 is 0 Å². The van der Waals surface area contributed by atoms with Crippen molar-refractivity contribution in [3.8, 4) is 0 Å². The third-order valence-electron chi connectivity index (χ3n) is 7.62. The van der Waals surface area contributed by atoms with Crippen LogP contribution in [0.15, 0.2) is 72.8 Å². The molecule has 0 fully saturated rings. The number of halogens is 6. The fraction of sp³-hybridized carbons (Fsp3) is 0.242. The van der Waals surface area contributed by atoms with Crippen molar-refractivity contribution in [2.45, 2.75) is 46.1 Å². The Labute approximate surface area is 252 Å². The summed E-state index contributed by atoms with van der Waals surface area (Å²) in [4.78, 5) is 0. The standard InChI is InChI=1S/C33H31Cl2N2.BF4/c1-3-5-20-36-28(24-12-7-10-22-26(34)16-18-30(36)32(22)24)14-9-15-29-25-13-8-11-23-27(35)17-19-31(33(23)25)37(29)21-6-4-2;2-1(3,4)5/h7-19H,3-6,20-21H2,1-2H3;/q+1;-1. The molecule has 0 radical (unpaired) electrons. The van der Waals surface area contributed by atoms with Crippen molar-refractivity contribution in [3.63, 3.8) is 0 Å². The van der Waals surface area contributed by atoms with E-state index in [1.807, 2.05) is 12.1 Å². The van der Waals surface area contributed by atoms with Crippen LogP contribution in [-0.4, -0.2) is 28.7 Å². The molecule has 0 saturated carbocycles. The zero-order valence-corrected chi connectivity index (χ0v) is 25.0. The fourth-order valence-corrected chi connectivity index (χ4v) is 6.28. The van der Waals surface area contributed by atoms with Crippen LogP contribution >= 0.6 is 23.2 Å². The van der Waals surface area contributed by atoms with Crippen molar-refractivity contribution >= 4 is 80.4 Å². The summed E-state index contributed by atoms with van der Waals surface area (Å²) < 4.78 is 43.9. The molecule has 6 rings (SSSR count). The number of hydrogen-bond donors (Lipinski definition) is 0. The van der Waals surface area contributed by atoms with Crippen LogP contribution in [0, 0.1) is 0 Å². The van der Waals surface area contributed by atoms with Crippen molar-refractivity contribution in [1.82, 2.24) is 4.57 Å². The van der Waals surface area contributed by atoms with Gasteiger partial charge in [0.25, 0.3) is 0 Å². The average molecular weight is 613 g/mol. The quantitative estimate of drug-likeness (QED) is 0.0935. The van der Waals surface area contributed by atoms with E-state index in [-0.39, 0.29) is 0 Å². The predicted octanol–water partition coefficient (Wildman–Crippen LogP) is 10.4. The maximum Gasteiger partial charge on any atom is 0.673 e. The number of benzene rings is 4. The summed E-state index contributed by atoms with van der Waals surface area (Å²) in [5.41, 5.74) is 5.01. The Kier molecular flexibility index (Phi) is 9.00. The monoisotopic (exact) mass is 612 g/mol. The van der Waals surface area contributed by atoms with E-state index in [9.17, 15) is 17.3 Å². The highest BCUT2D eigenvalue weighted by Crippen LogP contribution is 2.39. The minimum atomic E-state index is -6.00. The summed E-state index contributed by atoms with van der Waals surface area (Å²) in [6.45, 7) is 6.47. The second-order valence-corrected chi connectivity index (χ2v) is 11.2. The topological polar surface area (TPSA) is 7.94 Å². The van der Waals surface area contributed by atoms with Gasteiger partial charge in [-0.05, 0) is 36.8 Å². The molecule has 2 nitrogen and oxygen atoms in total. The summed E-state index contributed by atoms with van der Waals surface area (Å²) in [6, 6.07) is 21.4. The van der Waals surface area contributed by atoms with Gasteiger partial charge in [0.2, 0.25) is 11.4 Å². The number of unbranched alkanes of at least 4 members (excludes halogenated alkanes) is 2. The van der Waals surface area contributed by atoms with Crippen molar-refractivity contribution in [1.29, 1.82) is 0 Å². The van der Waals surface area contributed by atoms with E-state index in [0.29, 0.717) is 0 Å². The lowest BCUT2D eigenvalue weighted by Gasteiger charge is -2.06. The van der Waals surface area contributed by atoms with Gasteiger partial charge in [0.05, 0.1) is 10.9 Å². The normalized spacial score (nSPS) is 13.8. The molecule has 4 aromatic carbocycles. The average Bonchev–Trinajstić information content (AvgIpc) is 3.42. The van der Waals surface area contributed by atoms with Gasteiger partial charge in [-0.3, -0.25) is 0 Å². The first-order valence-corrected chi connectivity index (χ1v) is 15.0. The predicted molar refractivity (Wildman–Crippen MR) is 171 cm³/mol. The Morgan fingerprint density at radius 3 is 2.10 bits per heavy atom. The number of aryl methyl sites for hydroxylation is 1. The molecule has 1 aliphatic heterocycles. The summed E-state index contributed by atoms with van der Waals surface area (Å²) in [5.74, 6) is 0. The molecular weight excluding hydrogens is 582 g/mol. The molecule has 0 bridgehead atoms. The lowest BCUT2D eigenvalue weighted by Crippen LogP contribution is -2.16. The Morgan fingerprint density at radius 1 is 0.786 bits per heavy atom. The smallest absolute Gasteiger partial charge is 0.418 e. The second-order valence-electron chi connectivity index (χ2n) is 10.4. The molecule has 1 aromatic heterocycles. The lowest BCUT2D eigenvalue weighted by atomic mass is 10.0. The summed E-state index contributed by atoms with van der Waals surface area (Å²) in [6.07, 6.45) is 11.4. The first-order valence-electron chi connectivity index (χ1n) is 14.2. The van der Waals surface area contributed by atoms with Crippen molar-refractivity contribution in [2.24, 2.45) is 0 Å². The molecule has 2 heterocycles. The van der Waals surface area contributed by atoms with Crippen LogP contribution in [0.3, 0.4) is 0 Å². The third-order valence-corrected chi connectivity index (χ3v) is 8.28. The molecule has 0 amide bonds. The lowest BCUT2D eigenvalue weighted by molar-refractivity contribution is -0.436. The molecule has 1 aliphatic rings. The van der Waals surface area contributed by atoms with Crippen molar-refractivity contribution in [2.75, 3.05) is 6.54 Å². The first-order chi connectivity index (χ1) is 20.1. The zero-order valence-electron chi connectivity index (χ0n) is 23.5. The molecular formula is C33H31BCl2F4N2. The molecule has 218 valence electrons. The minimum absolute atomic E-state index is 0.811. The maximum atomic E-state index is 9.75. The van der Waals surface area contributed by atoms with Crippen LogP contribution in [0.2, 0.25) is 10.0 Å². The van der Waals surface area contributed by atoms with Gasteiger partial charge in [0.1, 0.15) is 6.54 Å². The molecule has 9 heteroatoms. The highest BCUT2D eigenvalue weighted by Gasteiger charge is 2.30. The largest absolute Gasteiger partial charge is 0.673 e. The van der Waals surface area contributed by atoms with Crippen LogP contribution in [0.1, 0.15) is 45.1 Å². The second kappa shape index (κ2) is 12.5. The molecule has 0 N–H and O–H groups in total. The van der Waals surface area contributed by atoms with Crippen molar-refractivity contribution in [3.05, 3.63) is 93.8 Å². The van der Waals surface area contributed by atoms with E-state index in [2.05, 4.69) is 89.7 Å². The van der Waals surface area contributed by atoms with Gasteiger partial charge >= 0.3 is 7.25 Å². The first kappa shape index (κ1) is 30.2. The van der Waals surface area contributed by atoms with E-state index in [4.69, 9.17) is 23.2 Å². The SMILES string of the molecule is CCCCn1/c(=C\C=C\C2=[N+](CCCC)c3ccc(Cl)c4cccc2c34)c2cccc3c(Cl)ccc1c32.F[B-](F)(F)F. The van der Waals surface area contributed by atoms with E-state index in [1.54, 1.807) is 0 Å². The molecule has 0 aliphatic carbocycles. The zero-order chi connectivity index (χ0) is 30.0. The van der Waals surface area contributed by atoms with Crippen LogP contribution in [0.5, 0.6) is 0 Å². The molecule has 0 unspecified atom stereocenters. The van der Waals surface area contributed by atoms with Crippen LogP contribution < -0.4 is 5.35 Å². The maximum absolute atomic E-state index is 9.75. The highest BCUT2D eigenvalue weighted by molar-refractivity contribution is 6.50. The summed E-state index contributed by atoms with van der Waals surface area (Å²) in [5, 5.41) is 8.89. The third kappa shape index (κ3) is 5.95. The van der Waals surface area contributed by atoms with Gasteiger partial charge in [0, 0.05) is 67.6 Å². The Balaban J connectivity index is 0.000000652. The Morgan fingerprint density at radius 2 is 1.40 bits per heavy atom. The van der Waals surface area contributed by atoms with Gasteiger partial charge in [-0.1, -0.05) is 86.3 Å². The Bertz CT molecular complexity index is 1880. The van der Waals surface area contributed by atoms with Gasteiger partial charge in [0.15, 0.2) is 0 Å². The summed E-state index contributed by atoms with van der Waals surface area (Å²) >= 11 is 13.2. The fourth-order valence-electron chi connectivity index (χ4n) is 5.84. The molecule has 42 heavy (non-hydrogen) atoms. The molecule has 5 aromatic rings. The number of hydrogen-bond acceptors (Lipinski definition) is 0. The molecule has 0 saturated heterocycles. The number of nitrogens with zero attached hydrogens (tertiary/aromatic N) is 2. The van der Waals surface area contributed by atoms with Gasteiger partial charge in [-0.25, -0.2) is 0 Å². The number of rotatable bonds is 8. The molecule has 0 spiro atoms. The van der Waals surface area contributed by atoms with Crippen LogP contribution in [-0.2, 0) is 6.54 Å². The minimum Gasteiger partial charge on any atom is -0.418 e. The van der Waals surface area contributed by atoms with Gasteiger partial charge in [-0.15, -0.1) is 0 Å². The van der Waals surface area contributed by atoms with E-state index < -0.39 is 7.25 Å². The molecule has 0 atom stereocenters. The number of aromatic nitrogens is 1. The highest BCUT2D eigenvalue weighted by atomic mass is 35.5. The number of allylic oxidation sites excluding steroid dienone is 2. The van der Waals surface area contributed by atoms with Crippen molar-refractivity contribution < 1.29 is 21.8 Å². The van der Waals surface area contributed by atoms with Crippen LogP contribution in [0.4, 0.5) is 23.0 Å². The van der Waals surface area contributed by atoms with Gasteiger partial charge < -0.3 is 21.8 Å². The van der Waals surface area contributed by atoms with Crippen LogP contribution in [0.25, 0.3) is 38.5 Å².